The second kappa shape index (κ2) is 9.73. The first-order valence-corrected chi connectivity index (χ1v) is 12.5. The van der Waals surface area contributed by atoms with Crippen molar-refractivity contribution in [3.63, 3.8) is 0 Å². The summed E-state index contributed by atoms with van der Waals surface area (Å²) in [5.41, 5.74) is 1.40. The Labute approximate surface area is 231 Å². The van der Waals surface area contributed by atoms with Gasteiger partial charge in [-0.25, -0.2) is 4.98 Å². The molecule has 3 atom stereocenters. The number of benzene rings is 2. The third-order valence-electron chi connectivity index (χ3n) is 7.19. The number of hydrogen-bond acceptors (Lipinski definition) is 5. The van der Waals surface area contributed by atoms with E-state index in [2.05, 4.69) is 17.0 Å². The highest BCUT2D eigenvalue weighted by Crippen LogP contribution is 2.58. The van der Waals surface area contributed by atoms with Crippen LogP contribution in [-0.2, 0) is 21.2 Å². The third-order valence-corrected chi connectivity index (χ3v) is 7.73. The second-order valence-electron chi connectivity index (χ2n) is 9.21. The Morgan fingerprint density at radius 2 is 1.82 bits per heavy atom. The Hall–Kier alpha value is -3.82. The molecule has 1 saturated heterocycles. The number of anilines is 1. The molecule has 6 nitrogen and oxygen atoms in total. The minimum absolute atomic E-state index is 0.0802. The number of carbonyl (C=O) groups excluding carboxylic acids is 2. The Morgan fingerprint density at radius 3 is 2.44 bits per heavy atom. The number of imide groups is 1. The molecule has 2 aromatic carbocycles. The lowest BCUT2D eigenvalue weighted by Gasteiger charge is -2.43. The minimum atomic E-state index is -4.68. The van der Waals surface area contributed by atoms with E-state index in [-0.39, 0.29) is 18.0 Å². The SMILES string of the molecule is C=CC1=CCC2C(=O)N(Nc3ncc(C(F)(F)F)cc3Cl)C(=O)C2(c2ccc(Cl)cc2)C1c1ccccc1O. The lowest BCUT2D eigenvalue weighted by atomic mass is 9.56. The van der Waals surface area contributed by atoms with Crippen LogP contribution < -0.4 is 5.43 Å². The number of fused-ring (bicyclic) bond motifs is 1. The maximum Gasteiger partial charge on any atom is 0.417 e. The number of hydrogen-bond donors (Lipinski definition) is 2. The monoisotopic (exact) mass is 573 g/mol. The van der Waals surface area contributed by atoms with Crippen molar-refractivity contribution in [1.29, 1.82) is 0 Å². The van der Waals surface area contributed by atoms with Crippen LogP contribution in [0.2, 0.25) is 10.0 Å². The zero-order chi connectivity index (χ0) is 28.1. The summed E-state index contributed by atoms with van der Waals surface area (Å²) in [6.07, 6.45) is -0.595. The predicted octanol–water partition coefficient (Wildman–Crippen LogP) is 6.66. The van der Waals surface area contributed by atoms with Gasteiger partial charge in [0, 0.05) is 22.7 Å². The van der Waals surface area contributed by atoms with Gasteiger partial charge in [-0.15, -0.1) is 0 Å². The van der Waals surface area contributed by atoms with Crippen LogP contribution in [0.5, 0.6) is 5.75 Å². The summed E-state index contributed by atoms with van der Waals surface area (Å²) in [4.78, 5) is 32.0. The summed E-state index contributed by atoms with van der Waals surface area (Å²) < 4.78 is 39.4. The van der Waals surface area contributed by atoms with E-state index in [1.54, 1.807) is 54.6 Å². The molecule has 3 aromatic rings. The lowest BCUT2D eigenvalue weighted by Crippen LogP contribution is -2.48. The number of allylic oxidation sites excluding steroid dienone is 3. The number of alkyl halides is 3. The Balaban J connectivity index is 1.69. The molecule has 0 bridgehead atoms. The summed E-state index contributed by atoms with van der Waals surface area (Å²) in [5.74, 6) is -3.49. The molecular formula is C28H20Cl2F3N3O3. The number of pyridine rings is 1. The number of halogens is 5. The van der Waals surface area contributed by atoms with E-state index in [1.807, 2.05) is 0 Å². The van der Waals surface area contributed by atoms with Crippen LogP contribution in [0.4, 0.5) is 19.0 Å². The minimum Gasteiger partial charge on any atom is -0.508 e. The smallest absolute Gasteiger partial charge is 0.417 e. The molecule has 0 radical (unpaired) electrons. The van der Waals surface area contributed by atoms with Crippen LogP contribution in [0, 0.1) is 5.92 Å². The van der Waals surface area contributed by atoms with E-state index in [4.69, 9.17) is 23.2 Å². The van der Waals surface area contributed by atoms with Crippen molar-refractivity contribution < 1.29 is 27.9 Å². The molecule has 1 aliphatic carbocycles. The molecule has 2 amide bonds. The van der Waals surface area contributed by atoms with E-state index in [1.165, 1.54) is 6.07 Å². The molecule has 39 heavy (non-hydrogen) atoms. The Kier molecular flexibility index (Phi) is 6.68. The van der Waals surface area contributed by atoms with Crippen LogP contribution >= 0.6 is 23.2 Å². The summed E-state index contributed by atoms with van der Waals surface area (Å²) in [6, 6.07) is 13.6. The molecule has 0 spiro atoms. The van der Waals surface area contributed by atoms with Crippen molar-refractivity contribution >= 4 is 40.8 Å². The average molecular weight is 574 g/mol. The molecule has 3 unspecified atom stereocenters. The predicted molar refractivity (Wildman–Crippen MR) is 140 cm³/mol. The van der Waals surface area contributed by atoms with Crippen LogP contribution in [-0.4, -0.2) is 26.9 Å². The van der Waals surface area contributed by atoms with Gasteiger partial charge in [0.15, 0.2) is 5.82 Å². The number of carbonyl (C=O) groups is 2. The van der Waals surface area contributed by atoms with Crippen LogP contribution in [0.25, 0.3) is 0 Å². The van der Waals surface area contributed by atoms with Crippen molar-refractivity contribution in [3.8, 4) is 5.75 Å². The lowest BCUT2D eigenvalue weighted by molar-refractivity contribution is -0.139. The number of aromatic hydroxyl groups is 1. The molecule has 1 fully saturated rings. The maximum absolute atomic E-state index is 14.5. The number of nitrogens with one attached hydrogen (secondary N) is 1. The molecule has 200 valence electrons. The number of phenols is 1. The third kappa shape index (κ3) is 4.26. The largest absolute Gasteiger partial charge is 0.508 e. The standard InChI is InChI=1S/C28H20Cl2F3N3O3/c1-2-15-7-12-20-25(38)36(35-24-21(30)13-17(14-34-24)28(31,32)33)26(39)27(20,16-8-10-18(29)11-9-16)23(15)19-5-3-4-6-22(19)37/h2-11,13-14,20,23,37H,1,12H2,(H,34,35). The normalized spacial score (nSPS) is 22.9. The first-order valence-electron chi connectivity index (χ1n) is 11.7. The molecular weight excluding hydrogens is 554 g/mol. The Morgan fingerprint density at radius 1 is 1.13 bits per heavy atom. The van der Waals surface area contributed by atoms with Crippen molar-refractivity contribution in [2.45, 2.75) is 23.9 Å². The van der Waals surface area contributed by atoms with Crippen molar-refractivity contribution in [3.05, 3.63) is 112 Å². The molecule has 2 aliphatic rings. The van der Waals surface area contributed by atoms with E-state index < -0.39 is 45.8 Å². The van der Waals surface area contributed by atoms with Crippen LogP contribution in [0.1, 0.15) is 29.0 Å². The number of hydrazine groups is 1. The highest BCUT2D eigenvalue weighted by molar-refractivity contribution is 6.33. The topological polar surface area (TPSA) is 82.5 Å². The van der Waals surface area contributed by atoms with Gasteiger partial charge in [-0.1, -0.05) is 72.3 Å². The van der Waals surface area contributed by atoms with Gasteiger partial charge < -0.3 is 5.11 Å². The fraction of sp³-hybridized carbons (Fsp3) is 0.179. The number of para-hydroxylation sites is 1. The number of rotatable bonds is 5. The quantitative estimate of drug-likeness (QED) is 0.333. The molecule has 1 aromatic heterocycles. The number of phenolic OH excluding ortho intramolecular Hbond substituents is 1. The van der Waals surface area contributed by atoms with Gasteiger partial charge in [0.05, 0.1) is 21.9 Å². The zero-order valence-electron chi connectivity index (χ0n) is 20.0. The van der Waals surface area contributed by atoms with Gasteiger partial charge >= 0.3 is 6.18 Å². The summed E-state index contributed by atoms with van der Waals surface area (Å²) in [6.45, 7) is 3.90. The van der Waals surface area contributed by atoms with Crippen molar-refractivity contribution in [2.24, 2.45) is 5.92 Å². The van der Waals surface area contributed by atoms with E-state index in [0.717, 1.165) is 5.01 Å². The highest BCUT2D eigenvalue weighted by Gasteiger charge is 2.66. The van der Waals surface area contributed by atoms with Gasteiger partial charge in [-0.05, 0) is 41.8 Å². The first-order chi connectivity index (χ1) is 18.5. The van der Waals surface area contributed by atoms with Gasteiger partial charge in [0.2, 0.25) is 0 Å². The Bertz CT molecular complexity index is 1520. The molecule has 5 rings (SSSR count). The number of aromatic nitrogens is 1. The maximum atomic E-state index is 14.5. The molecule has 2 N–H and O–H groups in total. The molecule has 0 saturated carbocycles. The van der Waals surface area contributed by atoms with E-state index >= 15 is 0 Å². The van der Waals surface area contributed by atoms with Crippen molar-refractivity contribution in [1.82, 2.24) is 9.99 Å². The first kappa shape index (κ1) is 26.8. The van der Waals surface area contributed by atoms with Crippen molar-refractivity contribution in [2.75, 3.05) is 5.43 Å². The van der Waals surface area contributed by atoms with Gasteiger partial charge in [-0.2, -0.15) is 18.2 Å². The summed E-state index contributed by atoms with van der Waals surface area (Å²) in [5, 5.41) is 11.6. The summed E-state index contributed by atoms with van der Waals surface area (Å²) in [7, 11) is 0. The zero-order valence-corrected chi connectivity index (χ0v) is 21.6. The highest BCUT2D eigenvalue weighted by atomic mass is 35.5. The van der Waals surface area contributed by atoms with Gasteiger partial charge in [0.25, 0.3) is 11.8 Å². The van der Waals surface area contributed by atoms with Crippen LogP contribution in [0.15, 0.2) is 85.1 Å². The van der Waals surface area contributed by atoms with E-state index in [9.17, 15) is 27.9 Å². The number of amides is 2. The second-order valence-corrected chi connectivity index (χ2v) is 10.1. The average Bonchev–Trinajstić information content (AvgIpc) is 3.11. The fourth-order valence-electron chi connectivity index (χ4n) is 5.49. The van der Waals surface area contributed by atoms with Crippen LogP contribution in [0.3, 0.4) is 0 Å². The fourth-order valence-corrected chi connectivity index (χ4v) is 5.83. The number of nitrogens with zero attached hydrogens (tertiary/aromatic N) is 2. The summed E-state index contributed by atoms with van der Waals surface area (Å²) >= 11 is 12.2. The van der Waals surface area contributed by atoms with Gasteiger partial charge in [-0.3, -0.25) is 15.0 Å². The molecule has 1 aliphatic heterocycles. The molecule has 2 heterocycles. The molecule has 11 heteroatoms. The van der Waals surface area contributed by atoms with E-state index in [0.29, 0.717) is 34.0 Å². The van der Waals surface area contributed by atoms with Gasteiger partial charge in [0.1, 0.15) is 5.75 Å².